The van der Waals surface area contributed by atoms with Crippen molar-refractivity contribution in [1.82, 2.24) is 4.98 Å². The Kier molecular flexibility index (Phi) is 3.17. The summed E-state index contributed by atoms with van der Waals surface area (Å²) in [5, 5.41) is 0. The average Bonchev–Trinajstić information content (AvgIpc) is 2.78. The lowest BCUT2D eigenvalue weighted by molar-refractivity contribution is 0.100. The predicted octanol–water partition coefficient (Wildman–Crippen LogP) is 3.30. The first kappa shape index (κ1) is 14.2. The van der Waals surface area contributed by atoms with Crippen LogP contribution in [0.1, 0.15) is 54.9 Å². The molecule has 0 amide bonds. The van der Waals surface area contributed by atoms with Crippen molar-refractivity contribution >= 4 is 22.9 Å². The molecule has 0 saturated carbocycles. The molecule has 0 unspecified atom stereocenters. The van der Waals surface area contributed by atoms with Crippen LogP contribution in [-0.4, -0.2) is 22.3 Å². The number of hydrogen-bond acceptors (Lipinski definition) is 3. The molecule has 1 aliphatic carbocycles. The highest BCUT2D eigenvalue weighted by atomic mass is 16.1. The molecule has 1 aromatic heterocycles. The molecule has 110 valence electrons. The molecule has 0 spiro atoms. The highest BCUT2D eigenvalue weighted by Crippen LogP contribution is 2.31. The van der Waals surface area contributed by atoms with Gasteiger partial charge in [-0.05, 0) is 32.4 Å². The van der Waals surface area contributed by atoms with E-state index in [1.165, 1.54) is 13.0 Å². The zero-order valence-corrected chi connectivity index (χ0v) is 12.6. The SMILES string of the molecule is CC(=O)c1c(C)[nH]c(C2=CC(=O)c3ccccc3C2=O)c1C. The Bertz CT molecular complexity index is 868. The van der Waals surface area contributed by atoms with Crippen LogP contribution in [-0.2, 0) is 0 Å². The quantitative estimate of drug-likeness (QED) is 0.864. The number of nitrogens with one attached hydrogen (secondary N) is 1. The summed E-state index contributed by atoms with van der Waals surface area (Å²) in [7, 11) is 0. The summed E-state index contributed by atoms with van der Waals surface area (Å²) in [6.45, 7) is 5.07. The average molecular weight is 293 g/mol. The lowest BCUT2D eigenvalue weighted by Crippen LogP contribution is -2.16. The third kappa shape index (κ3) is 1.96. The monoisotopic (exact) mass is 293 g/mol. The fourth-order valence-electron chi connectivity index (χ4n) is 3.05. The Balaban J connectivity index is 2.19. The van der Waals surface area contributed by atoms with E-state index in [-0.39, 0.29) is 17.3 Å². The number of H-pyrrole nitrogens is 1. The van der Waals surface area contributed by atoms with Crippen molar-refractivity contribution in [2.24, 2.45) is 0 Å². The number of aromatic nitrogens is 1. The number of benzene rings is 1. The Morgan fingerprint density at radius 1 is 1.05 bits per heavy atom. The molecule has 22 heavy (non-hydrogen) atoms. The van der Waals surface area contributed by atoms with E-state index in [4.69, 9.17) is 0 Å². The van der Waals surface area contributed by atoms with Crippen molar-refractivity contribution in [2.75, 3.05) is 0 Å². The molecule has 1 aromatic carbocycles. The number of fused-ring (bicyclic) bond motifs is 1. The molecule has 4 heteroatoms. The van der Waals surface area contributed by atoms with Crippen LogP contribution in [0.2, 0.25) is 0 Å². The first-order valence-electron chi connectivity index (χ1n) is 7.02. The summed E-state index contributed by atoms with van der Waals surface area (Å²) in [4.78, 5) is 39.7. The molecular weight excluding hydrogens is 278 g/mol. The lowest BCUT2D eigenvalue weighted by atomic mass is 9.87. The number of aromatic amines is 1. The van der Waals surface area contributed by atoms with Gasteiger partial charge < -0.3 is 4.98 Å². The van der Waals surface area contributed by atoms with Gasteiger partial charge in [-0.25, -0.2) is 0 Å². The zero-order chi connectivity index (χ0) is 16.0. The molecule has 0 radical (unpaired) electrons. The smallest absolute Gasteiger partial charge is 0.196 e. The molecule has 0 saturated heterocycles. The van der Waals surface area contributed by atoms with Gasteiger partial charge >= 0.3 is 0 Å². The van der Waals surface area contributed by atoms with E-state index in [1.54, 1.807) is 38.1 Å². The van der Waals surface area contributed by atoms with Gasteiger partial charge in [0.25, 0.3) is 0 Å². The number of aryl methyl sites for hydroxylation is 1. The van der Waals surface area contributed by atoms with Gasteiger partial charge in [0.05, 0.1) is 11.3 Å². The van der Waals surface area contributed by atoms with Crippen LogP contribution in [0.4, 0.5) is 0 Å². The van der Waals surface area contributed by atoms with Crippen molar-refractivity contribution in [3.8, 4) is 0 Å². The van der Waals surface area contributed by atoms with Crippen molar-refractivity contribution in [3.05, 3.63) is 64.0 Å². The Labute approximate surface area is 127 Å². The largest absolute Gasteiger partial charge is 0.358 e. The summed E-state index contributed by atoms with van der Waals surface area (Å²) in [6, 6.07) is 6.78. The maximum atomic E-state index is 12.7. The summed E-state index contributed by atoms with van der Waals surface area (Å²) in [5.41, 5.74) is 3.68. The van der Waals surface area contributed by atoms with Crippen LogP contribution < -0.4 is 0 Å². The first-order valence-corrected chi connectivity index (χ1v) is 7.02. The minimum absolute atomic E-state index is 0.0620. The van der Waals surface area contributed by atoms with Gasteiger partial charge in [-0.1, -0.05) is 24.3 Å². The van der Waals surface area contributed by atoms with Crippen molar-refractivity contribution < 1.29 is 14.4 Å². The minimum Gasteiger partial charge on any atom is -0.358 e. The zero-order valence-electron chi connectivity index (χ0n) is 12.6. The lowest BCUT2D eigenvalue weighted by Gasteiger charge is -2.14. The fraction of sp³-hybridized carbons (Fsp3) is 0.167. The number of carbonyl (C=O) groups is 3. The standard InChI is InChI=1S/C18H15NO3/c1-9-16(11(3)20)10(2)19-17(9)14-8-15(21)12-6-4-5-7-13(12)18(14)22/h4-8,19H,1-3H3. The Morgan fingerprint density at radius 2 is 1.68 bits per heavy atom. The van der Waals surface area contributed by atoms with Crippen LogP contribution in [0.3, 0.4) is 0 Å². The number of ketones is 3. The third-order valence-electron chi connectivity index (χ3n) is 4.02. The van der Waals surface area contributed by atoms with Gasteiger partial charge in [0.1, 0.15) is 0 Å². The van der Waals surface area contributed by atoms with Crippen LogP contribution in [0.15, 0.2) is 30.3 Å². The normalized spacial score (nSPS) is 13.9. The summed E-state index contributed by atoms with van der Waals surface area (Å²) >= 11 is 0. The second-order valence-corrected chi connectivity index (χ2v) is 5.48. The third-order valence-corrected chi connectivity index (χ3v) is 4.02. The minimum atomic E-state index is -0.199. The number of Topliss-reactive ketones (excluding diaryl/α,β-unsaturated/α-hetero) is 2. The van der Waals surface area contributed by atoms with Gasteiger partial charge in [0.15, 0.2) is 17.3 Å². The molecule has 0 atom stereocenters. The molecule has 1 N–H and O–H groups in total. The second-order valence-electron chi connectivity index (χ2n) is 5.48. The summed E-state index contributed by atoms with van der Waals surface area (Å²) in [5.74, 6) is -0.455. The molecule has 2 aromatic rings. The van der Waals surface area contributed by atoms with Crippen LogP contribution >= 0.6 is 0 Å². The highest BCUT2D eigenvalue weighted by molar-refractivity contribution is 6.38. The van der Waals surface area contributed by atoms with E-state index in [2.05, 4.69) is 4.98 Å². The van der Waals surface area contributed by atoms with Gasteiger partial charge in [0, 0.05) is 22.4 Å². The first-order chi connectivity index (χ1) is 10.4. The van der Waals surface area contributed by atoms with Crippen LogP contribution in [0.5, 0.6) is 0 Å². The Morgan fingerprint density at radius 3 is 2.27 bits per heavy atom. The molecule has 3 rings (SSSR count). The maximum absolute atomic E-state index is 12.7. The summed E-state index contributed by atoms with van der Waals surface area (Å²) < 4.78 is 0. The van der Waals surface area contributed by atoms with Gasteiger partial charge in [0.2, 0.25) is 0 Å². The van der Waals surface area contributed by atoms with Gasteiger partial charge in [-0.2, -0.15) is 0 Å². The van der Waals surface area contributed by atoms with Crippen molar-refractivity contribution in [2.45, 2.75) is 20.8 Å². The molecule has 0 bridgehead atoms. The number of rotatable bonds is 2. The van der Waals surface area contributed by atoms with E-state index in [0.29, 0.717) is 39.2 Å². The molecule has 1 aliphatic rings. The van der Waals surface area contributed by atoms with E-state index >= 15 is 0 Å². The maximum Gasteiger partial charge on any atom is 0.196 e. The van der Waals surface area contributed by atoms with Crippen LogP contribution in [0.25, 0.3) is 5.57 Å². The second kappa shape index (κ2) is 4.91. The number of hydrogen-bond donors (Lipinski definition) is 1. The fourth-order valence-corrected chi connectivity index (χ4v) is 3.05. The molecule has 4 nitrogen and oxygen atoms in total. The van der Waals surface area contributed by atoms with Crippen molar-refractivity contribution in [3.63, 3.8) is 0 Å². The predicted molar refractivity (Wildman–Crippen MR) is 83.4 cm³/mol. The topological polar surface area (TPSA) is 67.0 Å². The van der Waals surface area contributed by atoms with E-state index in [0.717, 1.165) is 0 Å². The highest BCUT2D eigenvalue weighted by Gasteiger charge is 2.29. The van der Waals surface area contributed by atoms with E-state index in [9.17, 15) is 14.4 Å². The van der Waals surface area contributed by atoms with E-state index in [1.807, 2.05) is 0 Å². The Hall–Kier alpha value is -2.75. The number of carbonyl (C=O) groups excluding carboxylic acids is 3. The van der Waals surface area contributed by atoms with Gasteiger partial charge in [-0.15, -0.1) is 0 Å². The van der Waals surface area contributed by atoms with Gasteiger partial charge in [-0.3, -0.25) is 14.4 Å². The van der Waals surface area contributed by atoms with Crippen LogP contribution in [0, 0.1) is 13.8 Å². The summed E-state index contributed by atoms with van der Waals surface area (Å²) in [6.07, 6.45) is 1.35. The molecular formula is C18H15NO3. The molecule has 0 aliphatic heterocycles. The molecule has 0 fully saturated rings. The van der Waals surface area contributed by atoms with Crippen molar-refractivity contribution in [1.29, 1.82) is 0 Å². The number of allylic oxidation sites excluding steroid dienone is 2. The molecule has 1 heterocycles. The van der Waals surface area contributed by atoms with E-state index < -0.39 is 0 Å².